The Morgan fingerprint density at radius 2 is 1.81 bits per heavy atom. The summed E-state index contributed by atoms with van der Waals surface area (Å²) >= 11 is 0. The topological polar surface area (TPSA) is 35.3 Å². The van der Waals surface area contributed by atoms with Gasteiger partial charge in [-0.1, -0.05) is 22.9 Å². The van der Waals surface area contributed by atoms with Gasteiger partial charge < -0.3 is 9.26 Å². The average molecular weight is 217 g/mol. The van der Waals surface area contributed by atoms with E-state index in [1.165, 1.54) is 5.56 Å². The second-order valence-electron chi connectivity index (χ2n) is 3.90. The zero-order valence-electron chi connectivity index (χ0n) is 9.78. The van der Waals surface area contributed by atoms with Crippen LogP contribution in [0.5, 0.6) is 5.75 Å². The first-order valence-corrected chi connectivity index (χ1v) is 5.28. The molecule has 1 aromatic carbocycles. The molecule has 2 rings (SSSR count). The van der Waals surface area contributed by atoms with Crippen LogP contribution in [0.2, 0.25) is 0 Å². The molecule has 0 aliphatic carbocycles. The van der Waals surface area contributed by atoms with Gasteiger partial charge in [0, 0.05) is 0 Å². The minimum Gasteiger partial charge on any atom is -0.489 e. The molecule has 0 atom stereocenters. The summed E-state index contributed by atoms with van der Waals surface area (Å²) < 4.78 is 10.7. The molecule has 0 spiro atoms. The minimum atomic E-state index is 0.504. The molecule has 0 bridgehead atoms. The van der Waals surface area contributed by atoms with E-state index >= 15 is 0 Å². The fraction of sp³-hybridized carbons (Fsp3) is 0.308. The second kappa shape index (κ2) is 4.39. The molecule has 1 heterocycles. The van der Waals surface area contributed by atoms with Crippen LogP contribution in [0.3, 0.4) is 0 Å². The van der Waals surface area contributed by atoms with Crippen LogP contribution < -0.4 is 4.74 Å². The van der Waals surface area contributed by atoms with Crippen LogP contribution in [0.1, 0.15) is 22.6 Å². The molecule has 16 heavy (non-hydrogen) atoms. The van der Waals surface area contributed by atoms with Gasteiger partial charge >= 0.3 is 0 Å². The quantitative estimate of drug-likeness (QED) is 0.792. The van der Waals surface area contributed by atoms with Crippen molar-refractivity contribution in [2.24, 2.45) is 0 Å². The van der Waals surface area contributed by atoms with Gasteiger partial charge in [0.2, 0.25) is 0 Å². The van der Waals surface area contributed by atoms with Gasteiger partial charge in [-0.15, -0.1) is 0 Å². The summed E-state index contributed by atoms with van der Waals surface area (Å²) in [5, 5.41) is 3.89. The summed E-state index contributed by atoms with van der Waals surface area (Å²) in [4.78, 5) is 0. The maximum absolute atomic E-state index is 5.67. The fourth-order valence-corrected chi connectivity index (χ4v) is 1.50. The SMILES string of the molecule is Cc1ccc(OCc2c(C)noc2C)cc1. The van der Waals surface area contributed by atoms with E-state index in [2.05, 4.69) is 12.1 Å². The van der Waals surface area contributed by atoms with Crippen molar-refractivity contribution < 1.29 is 9.26 Å². The van der Waals surface area contributed by atoms with E-state index < -0.39 is 0 Å². The molecule has 84 valence electrons. The Hall–Kier alpha value is -1.77. The van der Waals surface area contributed by atoms with Crippen molar-refractivity contribution in [1.82, 2.24) is 5.16 Å². The van der Waals surface area contributed by atoms with E-state index in [-0.39, 0.29) is 0 Å². The molecule has 0 saturated carbocycles. The fourth-order valence-electron chi connectivity index (χ4n) is 1.50. The zero-order valence-corrected chi connectivity index (χ0v) is 9.78. The highest BCUT2D eigenvalue weighted by Crippen LogP contribution is 2.17. The average Bonchev–Trinajstić information content (AvgIpc) is 2.59. The van der Waals surface area contributed by atoms with Crippen LogP contribution in [-0.2, 0) is 6.61 Å². The third-order valence-electron chi connectivity index (χ3n) is 2.59. The minimum absolute atomic E-state index is 0.504. The van der Waals surface area contributed by atoms with E-state index in [9.17, 15) is 0 Å². The lowest BCUT2D eigenvalue weighted by atomic mass is 10.2. The molecule has 0 aliphatic heterocycles. The smallest absolute Gasteiger partial charge is 0.140 e. The number of nitrogens with zero attached hydrogens (tertiary/aromatic N) is 1. The summed E-state index contributed by atoms with van der Waals surface area (Å²) in [6.45, 7) is 6.38. The molecule has 0 radical (unpaired) electrons. The molecule has 0 unspecified atom stereocenters. The number of hydrogen-bond donors (Lipinski definition) is 0. The standard InChI is InChI=1S/C13H15NO2/c1-9-4-6-12(7-5-9)15-8-13-10(2)14-16-11(13)3/h4-7H,8H2,1-3H3. The number of ether oxygens (including phenoxy) is 1. The Bertz CT molecular complexity index is 452. The summed E-state index contributed by atoms with van der Waals surface area (Å²) in [6, 6.07) is 7.99. The maximum Gasteiger partial charge on any atom is 0.140 e. The van der Waals surface area contributed by atoms with Crippen molar-refractivity contribution in [3.8, 4) is 5.75 Å². The molecule has 0 aliphatic rings. The molecule has 0 N–H and O–H groups in total. The Morgan fingerprint density at radius 1 is 1.12 bits per heavy atom. The lowest BCUT2D eigenvalue weighted by Gasteiger charge is -2.05. The van der Waals surface area contributed by atoms with E-state index in [1.54, 1.807) is 0 Å². The summed E-state index contributed by atoms with van der Waals surface area (Å²) in [5.41, 5.74) is 3.15. The van der Waals surface area contributed by atoms with Gasteiger partial charge in [0.1, 0.15) is 18.1 Å². The molecule has 3 heteroatoms. The first kappa shape index (κ1) is 10.7. The molecular weight excluding hydrogens is 202 g/mol. The van der Waals surface area contributed by atoms with Gasteiger partial charge in [0.05, 0.1) is 11.3 Å². The van der Waals surface area contributed by atoms with Crippen molar-refractivity contribution in [2.45, 2.75) is 27.4 Å². The Labute approximate surface area is 95.0 Å². The number of benzene rings is 1. The van der Waals surface area contributed by atoms with Gasteiger partial charge in [0.15, 0.2) is 0 Å². The zero-order chi connectivity index (χ0) is 11.5. The highest BCUT2D eigenvalue weighted by Gasteiger charge is 2.09. The van der Waals surface area contributed by atoms with Crippen molar-refractivity contribution in [2.75, 3.05) is 0 Å². The van der Waals surface area contributed by atoms with Crippen LogP contribution in [0.4, 0.5) is 0 Å². The van der Waals surface area contributed by atoms with Crippen LogP contribution >= 0.6 is 0 Å². The van der Waals surface area contributed by atoms with E-state index in [1.807, 2.05) is 38.1 Å². The Balaban J connectivity index is 2.05. The van der Waals surface area contributed by atoms with Crippen molar-refractivity contribution in [1.29, 1.82) is 0 Å². The number of aryl methyl sites for hydroxylation is 3. The number of hydrogen-bond acceptors (Lipinski definition) is 3. The van der Waals surface area contributed by atoms with Crippen molar-refractivity contribution in [3.63, 3.8) is 0 Å². The van der Waals surface area contributed by atoms with E-state index in [0.29, 0.717) is 6.61 Å². The van der Waals surface area contributed by atoms with E-state index in [4.69, 9.17) is 9.26 Å². The summed E-state index contributed by atoms with van der Waals surface area (Å²) in [5.74, 6) is 1.69. The van der Waals surface area contributed by atoms with Gasteiger partial charge in [-0.3, -0.25) is 0 Å². The second-order valence-corrected chi connectivity index (χ2v) is 3.90. The van der Waals surface area contributed by atoms with Crippen LogP contribution in [0, 0.1) is 20.8 Å². The molecule has 0 saturated heterocycles. The van der Waals surface area contributed by atoms with Gasteiger partial charge in [-0.2, -0.15) is 0 Å². The van der Waals surface area contributed by atoms with Crippen molar-refractivity contribution in [3.05, 3.63) is 46.8 Å². The number of aromatic nitrogens is 1. The molecule has 0 amide bonds. The van der Waals surface area contributed by atoms with E-state index in [0.717, 1.165) is 22.8 Å². The summed E-state index contributed by atoms with van der Waals surface area (Å²) in [7, 11) is 0. The molecule has 3 nitrogen and oxygen atoms in total. The highest BCUT2D eigenvalue weighted by atomic mass is 16.5. The molecule has 2 aromatic rings. The first-order chi connectivity index (χ1) is 7.66. The van der Waals surface area contributed by atoms with Gasteiger partial charge in [0.25, 0.3) is 0 Å². The molecule has 1 aromatic heterocycles. The predicted octanol–water partition coefficient (Wildman–Crippen LogP) is 3.18. The Kier molecular flexibility index (Phi) is 2.95. The first-order valence-electron chi connectivity index (χ1n) is 5.28. The van der Waals surface area contributed by atoms with Gasteiger partial charge in [-0.25, -0.2) is 0 Å². The Morgan fingerprint density at radius 3 is 2.38 bits per heavy atom. The van der Waals surface area contributed by atoms with Crippen LogP contribution in [-0.4, -0.2) is 5.16 Å². The third-order valence-corrected chi connectivity index (χ3v) is 2.59. The van der Waals surface area contributed by atoms with Gasteiger partial charge in [-0.05, 0) is 32.9 Å². The predicted molar refractivity (Wildman–Crippen MR) is 61.5 cm³/mol. The highest BCUT2D eigenvalue weighted by molar-refractivity contribution is 5.27. The lowest BCUT2D eigenvalue weighted by molar-refractivity contribution is 0.301. The van der Waals surface area contributed by atoms with Crippen molar-refractivity contribution >= 4 is 0 Å². The van der Waals surface area contributed by atoms with Crippen LogP contribution in [0.25, 0.3) is 0 Å². The third kappa shape index (κ3) is 2.24. The largest absolute Gasteiger partial charge is 0.489 e. The summed E-state index contributed by atoms with van der Waals surface area (Å²) in [6.07, 6.45) is 0. The van der Waals surface area contributed by atoms with Crippen LogP contribution in [0.15, 0.2) is 28.8 Å². The molecular formula is C13H15NO2. The maximum atomic E-state index is 5.67. The lowest BCUT2D eigenvalue weighted by Crippen LogP contribution is -1.97. The monoisotopic (exact) mass is 217 g/mol. The normalized spacial score (nSPS) is 10.4. The molecule has 0 fully saturated rings. The number of rotatable bonds is 3.